The molecule has 1 heterocycles. The Morgan fingerprint density at radius 2 is 2.24 bits per heavy atom. The van der Waals surface area contributed by atoms with Gasteiger partial charge in [-0.05, 0) is 24.3 Å². The van der Waals surface area contributed by atoms with E-state index < -0.39 is 0 Å². The molecular formula is C15H20FN3O2. The monoisotopic (exact) mass is 293 g/mol. The minimum absolute atomic E-state index is 0.266. The van der Waals surface area contributed by atoms with Gasteiger partial charge in [0.15, 0.2) is 0 Å². The summed E-state index contributed by atoms with van der Waals surface area (Å²) in [6.07, 6.45) is 3.60. The minimum atomic E-state index is -0.266. The number of halogens is 1. The second-order valence-corrected chi connectivity index (χ2v) is 4.54. The molecule has 0 saturated heterocycles. The van der Waals surface area contributed by atoms with E-state index in [2.05, 4.69) is 10.4 Å². The molecule has 1 aromatic carbocycles. The first-order valence-electron chi connectivity index (χ1n) is 6.88. The zero-order valence-electron chi connectivity index (χ0n) is 12.1. The summed E-state index contributed by atoms with van der Waals surface area (Å²) in [6.45, 7) is 3.00. The number of hydrogen-bond acceptors (Lipinski definition) is 4. The summed E-state index contributed by atoms with van der Waals surface area (Å²) < 4.78 is 25.8. The van der Waals surface area contributed by atoms with Crippen molar-refractivity contribution in [3.8, 4) is 5.75 Å². The Balaban J connectivity index is 1.87. The lowest BCUT2D eigenvalue weighted by Crippen LogP contribution is -2.19. The summed E-state index contributed by atoms with van der Waals surface area (Å²) in [7, 11) is 1.65. The molecule has 0 saturated carbocycles. The number of ether oxygens (including phenoxy) is 2. The third kappa shape index (κ3) is 5.17. The van der Waals surface area contributed by atoms with Gasteiger partial charge in [-0.25, -0.2) is 4.39 Å². The summed E-state index contributed by atoms with van der Waals surface area (Å²) in [4.78, 5) is 0. The van der Waals surface area contributed by atoms with Gasteiger partial charge < -0.3 is 14.8 Å². The van der Waals surface area contributed by atoms with Crippen LogP contribution in [0.4, 0.5) is 4.39 Å². The Morgan fingerprint density at radius 1 is 1.33 bits per heavy atom. The van der Waals surface area contributed by atoms with Gasteiger partial charge in [-0.2, -0.15) is 5.10 Å². The number of aromatic nitrogens is 2. The quantitative estimate of drug-likeness (QED) is 0.717. The van der Waals surface area contributed by atoms with Crippen LogP contribution in [0.2, 0.25) is 0 Å². The normalized spacial score (nSPS) is 10.8. The first kappa shape index (κ1) is 15.5. The highest BCUT2D eigenvalue weighted by atomic mass is 19.1. The lowest BCUT2D eigenvalue weighted by molar-refractivity contribution is 0.199. The van der Waals surface area contributed by atoms with Crippen LogP contribution in [0.5, 0.6) is 5.75 Å². The summed E-state index contributed by atoms with van der Waals surface area (Å²) >= 11 is 0. The standard InChI is InChI=1S/C15H20FN3O2/c1-20-9-6-17-12-13-11-14(16)3-4-15(13)21-10-8-19-7-2-5-18-19/h2-5,7,11,17H,6,8-10,12H2,1H3. The van der Waals surface area contributed by atoms with Crippen molar-refractivity contribution in [2.75, 3.05) is 26.9 Å². The molecule has 0 spiro atoms. The number of rotatable bonds is 9. The minimum Gasteiger partial charge on any atom is -0.491 e. The topological polar surface area (TPSA) is 48.3 Å². The molecule has 0 bridgehead atoms. The Labute approximate surface area is 123 Å². The van der Waals surface area contributed by atoms with E-state index in [0.29, 0.717) is 38.6 Å². The number of nitrogens with one attached hydrogen (secondary N) is 1. The number of methoxy groups -OCH3 is 1. The van der Waals surface area contributed by atoms with Gasteiger partial charge in [0.2, 0.25) is 0 Å². The van der Waals surface area contributed by atoms with Crippen molar-refractivity contribution in [2.24, 2.45) is 0 Å². The first-order valence-corrected chi connectivity index (χ1v) is 6.88. The fourth-order valence-corrected chi connectivity index (χ4v) is 1.91. The highest BCUT2D eigenvalue weighted by Crippen LogP contribution is 2.19. The fraction of sp³-hybridized carbons (Fsp3) is 0.400. The molecule has 0 aliphatic carbocycles. The molecule has 0 amide bonds. The average Bonchev–Trinajstić information content (AvgIpc) is 2.99. The molecule has 2 rings (SSSR count). The zero-order chi connectivity index (χ0) is 14.9. The Kier molecular flexibility index (Phi) is 6.18. The SMILES string of the molecule is COCCNCc1cc(F)ccc1OCCn1cccn1. The largest absolute Gasteiger partial charge is 0.491 e. The highest BCUT2D eigenvalue weighted by molar-refractivity contribution is 5.33. The molecule has 0 aliphatic rings. The fourth-order valence-electron chi connectivity index (χ4n) is 1.91. The van der Waals surface area contributed by atoms with E-state index in [4.69, 9.17) is 9.47 Å². The number of nitrogens with zero attached hydrogens (tertiary/aromatic N) is 2. The van der Waals surface area contributed by atoms with E-state index in [1.807, 2.05) is 12.3 Å². The average molecular weight is 293 g/mol. The van der Waals surface area contributed by atoms with E-state index in [9.17, 15) is 4.39 Å². The molecule has 114 valence electrons. The first-order chi connectivity index (χ1) is 10.3. The van der Waals surface area contributed by atoms with Crippen LogP contribution in [0.1, 0.15) is 5.56 Å². The highest BCUT2D eigenvalue weighted by Gasteiger charge is 2.05. The van der Waals surface area contributed by atoms with Crippen molar-refractivity contribution in [3.63, 3.8) is 0 Å². The third-order valence-electron chi connectivity index (χ3n) is 2.96. The van der Waals surface area contributed by atoms with Crippen molar-refractivity contribution in [1.29, 1.82) is 0 Å². The van der Waals surface area contributed by atoms with Gasteiger partial charge in [-0.3, -0.25) is 4.68 Å². The van der Waals surface area contributed by atoms with Crippen LogP contribution in [-0.4, -0.2) is 36.6 Å². The Bertz CT molecular complexity index is 532. The van der Waals surface area contributed by atoms with Crippen LogP contribution in [0.25, 0.3) is 0 Å². The van der Waals surface area contributed by atoms with Crippen LogP contribution in [-0.2, 0) is 17.8 Å². The molecule has 0 unspecified atom stereocenters. The van der Waals surface area contributed by atoms with Gasteiger partial charge in [-0.1, -0.05) is 0 Å². The number of benzene rings is 1. The van der Waals surface area contributed by atoms with E-state index in [-0.39, 0.29) is 5.82 Å². The Hall–Kier alpha value is -1.92. The van der Waals surface area contributed by atoms with Crippen LogP contribution in [0, 0.1) is 5.82 Å². The predicted octanol–water partition coefficient (Wildman–Crippen LogP) is 1.84. The third-order valence-corrected chi connectivity index (χ3v) is 2.96. The lowest BCUT2D eigenvalue weighted by Gasteiger charge is -2.12. The molecule has 6 heteroatoms. The van der Waals surface area contributed by atoms with Crippen molar-refractivity contribution in [3.05, 3.63) is 48.0 Å². The second-order valence-electron chi connectivity index (χ2n) is 4.54. The van der Waals surface area contributed by atoms with Crippen LogP contribution >= 0.6 is 0 Å². The molecule has 5 nitrogen and oxygen atoms in total. The maximum Gasteiger partial charge on any atom is 0.124 e. The smallest absolute Gasteiger partial charge is 0.124 e. The summed E-state index contributed by atoms with van der Waals surface area (Å²) in [5.74, 6) is 0.423. The van der Waals surface area contributed by atoms with E-state index in [1.165, 1.54) is 12.1 Å². The van der Waals surface area contributed by atoms with Crippen LogP contribution < -0.4 is 10.1 Å². The molecule has 1 aromatic heterocycles. The van der Waals surface area contributed by atoms with E-state index >= 15 is 0 Å². The van der Waals surface area contributed by atoms with Gasteiger partial charge in [0, 0.05) is 38.2 Å². The van der Waals surface area contributed by atoms with Crippen LogP contribution in [0.15, 0.2) is 36.7 Å². The Morgan fingerprint density at radius 3 is 3.00 bits per heavy atom. The second kappa shape index (κ2) is 8.39. The molecule has 1 N–H and O–H groups in total. The van der Waals surface area contributed by atoms with Gasteiger partial charge in [0.1, 0.15) is 18.2 Å². The van der Waals surface area contributed by atoms with Gasteiger partial charge in [-0.15, -0.1) is 0 Å². The van der Waals surface area contributed by atoms with E-state index in [0.717, 1.165) is 5.56 Å². The molecule has 21 heavy (non-hydrogen) atoms. The number of hydrogen-bond donors (Lipinski definition) is 1. The van der Waals surface area contributed by atoms with Gasteiger partial charge in [0.25, 0.3) is 0 Å². The molecule has 0 fully saturated rings. The molecular weight excluding hydrogens is 273 g/mol. The van der Waals surface area contributed by atoms with Crippen LogP contribution in [0.3, 0.4) is 0 Å². The maximum atomic E-state index is 13.3. The van der Waals surface area contributed by atoms with Crippen molar-refractivity contribution in [1.82, 2.24) is 15.1 Å². The molecule has 0 atom stereocenters. The summed E-state index contributed by atoms with van der Waals surface area (Å²) in [5.41, 5.74) is 0.798. The predicted molar refractivity (Wildman–Crippen MR) is 77.7 cm³/mol. The van der Waals surface area contributed by atoms with E-state index in [1.54, 1.807) is 24.1 Å². The molecule has 0 aliphatic heterocycles. The lowest BCUT2D eigenvalue weighted by atomic mass is 10.2. The zero-order valence-corrected chi connectivity index (χ0v) is 12.1. The molecule has 2 aromatic rings. The molecule has 0 radical (unpaired) electrons. The maximum absolute atomic E-state index is 13.3. The van der Waals surface area contributed by atoms with Gasteiger partial charge >= 0.3 is 0 Å². The van der Waals surface area contributed by atoms with Crippen molar-refractivity contribution >= 4 is 0 Å². The van der Waals surface area contributed by atoms with Gasteiger partial charge in [0.05, 0.1) is 13.2 Å². The summed E-state index contributed by atoms with van der Waals surface area (Å²) in [5, 5.41) is 7.29. The van der Waals surface area contributed by atoms with Crippen molar-refractivity contribution < 1.29 is 13.9 Å². The summed E-state index contributed by atoms with van der Waals surface area (Å²) in [6, 6.07) is 6.42. The van der Waals surface area contributed by atoms with Crippen molar-refractivity contribution in [2.45, 2.75) is 13.1 Å².